The zero-order chi connectivity index (χ0) is 13.2. The lowest BCUT2D eigenvalue weighted by molar-refractivity contribution is 0.441. The predicted molar refractivity (Wildman–Crippen MR) is 72.5 cm³/mol. The Morgan fingerprint density at radius 1 is 1.17 bits per heavy atom. The quantitative estimate of drug-likeness (QED) is 0.789. The molecule has 2 rings (SSSR count). The standard InChI is InChI=1S/C14H20O3S/c1-11-8-9-13(12-6-4-3-5-7-12)10-14(11)17-18(2,15)16/h8-10,12H,3-7H2,1-2H3. The van der Waals surface area contributed by atoms with E-state index in [4.69, 9.17) is 4.18 Å². The third kappa shape index (κ3) is 3.48. The molecule has 1 saturated carbocycles. The van der Waals surface area contributed by atoms with Crippen molar-refractivity contribution in [1.29, 1.82) is 0 Å². The molecule has 0 bridgehead atoms. The molecule has 0 aromatic heterocycles. The second kappa shape index (κ2) is 5.31. The van der Waals surface area contributed by atoms with Gasteiger partial charge in [0.2, 0.25) is 0 Å². The van der Waals surface area contributed by atoms with Gasteiger partial charge in [-0.2, -0.15) is 8.42 Å². The van der Waals surface area contributed by atoms with Gasteiger partial charge >= 0.3 is 10.1 Å². The van der Waals surface area contributed by atoms with Gasteiger partial charge in [-0.05, 0) is 42.9 Å². The van der Waals surface area contributed by atoms with Crippen LogP contribution in [0.2, 0.25) is 0 Å². The van der Waals surface area contributed by atoms with Crippen LogP contribution in [0.15, 0.2) is 18.2 Å². The molecule has 3 nitrogen and oxygen atoms in total. The van der Waals surface area contributed by atoms with Gasteiger partial charge in [0, 0.05) is 0 Å². The highest BCUT2D eigenvalue weighted by Gasteiger charge is 2.17. The van der Waals surface area contributed by atoms with Crippen LogP contribution in [0.1, 0.15) is 49.1 Å². The predicted octanol–water partition coefficient (Wildman–Crippen LogP) is 3.38. The first kappa shape index (κ1) is 13.4. The topological polar surface area (TPSA) is 43.4 Å². The minimum Gasteiger partial charge on any atom is -0.382 e. The monoisotopic (exact) mass is 268 g/mol. The van der Waals surface area contributed by atoms with Crippen molar-refractivity contribution in [2.75, 3.05) is 6.26 Å². The lowest BCUT2D eigenvalue weighted by Gasteiger charge is -2.22. The number of aryl methyl sites for hydroxylation is 1. The van der Waals surface area contributed by atoms with Crippen LogP contribution in [0, 0.1) is 6.92 Å². The van der Waals surface area contributed by atoms with Crippen LogP contribution in [-0.4, -0.2) is 14.7 Å². The number of hydrogen-bond donors (Lipinski definition) is 0. The fourth-order valence-corrected chi connectivity index (χ4v) is 3.07. The van der Waals surface area contributed by atoms with Crippen molar-refractivity contribution in [3.63, 3.8) is 0 Å². The maximum absolute atomic E-state index is 11.2. The largest absolute Gasteiger partial charge is 0.382 e. The van der Waals surface area contributed by atoms with E-state index < -0.39 is 10.1 Å². The molecule has 100 valence electrons. The van der Waals surface area contributed by atoms with Crippen molar-refractivity contribution in [3.8, 4) is 5.75 Å². The third-order valence-corrected chi connectivity index (χ3v) is 4.01. The molecule has 1 aliphatic carbocycles. The number of benzene rings is 1. The fourth-order valence-electron chi connectivity index (χ4n) is 2.56. The second-order valence-corrected chi connectivity index (χ2v) is 6.72. The van der Waals surface area contributed by atoms with Crippen molar-refractivity contribution < 1.29 is 12.6 Å². The third-order valence-electron chi connectivity index (χ3n) is 3.53. The first-order valence-electron chi connectivity index (χ1n) is 6.46. The zero-order valence-electron chi connectivity index (χ0n) is 11.0. The summed E-state index contributed by atoms with van der Waals surface area (Å²) in [5, 5.41) is 0. The van der Waals surface area contributed by atoms with Gasteiger partial charge in [0.05, 0.1) is 6.26 Å². The molecule has 0 unspecified atom stereocenters. The van der Waals surface area contributed by atoms with Crippen molar-refractivity contribution in [1.82, 2.24) is 0 Å². The summed E-state index contributed by atoms with van der Waals surface area (Å²) in [6.45, 7) is 1.87. The summed E-state index contributed by atoms with van der Waals surface area (Å²) in [4.78, 5) is 0. The van der Waals surface area contributed by atoms with Crippen LogP contribution in [0.25, 0.3) is 0 Å². The van der Waals surface area contributed by atoms with Crippen LogP contribution in [0.5, 0.6) is 5.75 Å². The average Bonchev–Trinajstić information content (AvgIpc) is 2.31. The minimum absolute atomic E-state index is 0.473. The summed E-state index contributed by atoms with van der Waals surface area (Å²) in [5.74, 6) is 1.03. The van der Waals surface area contributed by atoms with Crippen LogP contribution in [0.3, 0.4) is 0 Å². The highest BCUT2D eigenvalue weighted by Crippen LogP contribution is 2.35. The Morgan fingerprint density at radius 2 is 1.83 bits per heavy atom. The van der Waals surface area contributed by atoms with E-state index in [0.717, 1.165) is 11.8 Å². The van der Waals surface area contributed by atoms with Gasteiger partial charge in [-0.3, -0.25) is 0 Å². The van der Waals surface area contributed by atoms with Crippen LogP contribution in [0.4, 0.5) is 0 Å². The van der Waals surface area contributed by atoms with Gasteiger partial charge in [-0.1, -0.05) is 31.4 Å². The van der Waals surface area contributed by atoms with Crippen molar-refractivity contribution >= 4 is 10.1 Å². The molecule has 0 atom stereocenters. The lowest BCUT2D eigenvalue weighted by Crippen LogP contribution is -2.09. The molecule has 0 N–H and O–H groups in total. The summed E-state index contributed by atoms with van der Waals surface area (Å²) >= 11 is 0. The SMILES string of the molecule is Cc1ccc(C2CCCCC2)cc1OS(C)(=O)=O. The normalized spacial score (nSPS) is 17.7. The molecule has 0 saturated heterocycles. The van der Waals surface area contributed by atoms with Gasteiger partial charge in [-0.25, -0.2) is 0 Å². The molecule has 0 amide bonds. The van der Waals surface area contributed by atoms with Gasteiger partial charge in [0.25, 0.3) is 0 Å². The van der Waals surface area contributed by atoms with Gasteiger partial charge in [-0.15, -0.1) is 0 Å². The molecule has 1 aliphatic rings. The molecule has 0 spiro atoms. The van der Waals surface area contributed by atoms with E-state index in [1.807, 2.05) is 19.1 Å². The highest BCUT2D eigenvalue weighted by molar-refractivity contribution is 7.86. The molecule has 0 aliphatic heterocycles. The Hall–Kier alpha value is -1.03. The molecular weight excluding hydrogens is 248 g/mol. The van der Waals surface area contributed by atoms with Gasteiger partial charge in [0.1, 0.15) is 5.75 Å². The van der Waals surface area contributed by atoms with Crippen LogP contribution >= 0.6 is 0 Å². The number of hydrogen-bond acceptors (Lipinski definition) is 3. The van der Waals surface area contributed by atoms with E-state index in [1.54, 1.807) is 0 Å². The van der Waals surface area contributed by atoms with E-state index >= 15 is 0 Å². The molecule has 4 heteroatoms. The molecule has 0 heterocycles. The van der Waals surface area contributed by atoms with Gasteiger partial charge in [0.15, 0.2) is 0 Å². The first-order valence-corrected chi connectivity index (χ1v) is 8.27. The summed E-state index contributed by atoms with van der Waals surface area (Å²) < 4.78 is 27.5. The molecule has 1 fully saturated rings. The van der Waals surface area contributed by atoms with E-state index in [1.165, 1.54) is 37.7 Å². The Kier molecular flexibility index (Phi) is 3.95. The van der Waals surface area contributed by atoms with E-state index in [0.29, 0.717) is 11.7 Å². The average molecular weight is 268 g/mol. The molecule has 1 aromatic carbocycles. The first-order chi connectivity index (χ1) is 8.46. The van der Waals surface area contributed by atoms with E-state index in [9.17, 15) is 8.42 Å². The Bertz CT molecular complexity index is 514. The maximum atomic E-state index is 11.2. The summed E-state index contributed by atoms with van der Waals surface area (Å²) in [5.41, 5.74) is 2.07. The molecule has 0 radical (unpaired) electrons. The molecule has 1 aromatic rings. The lowest BCUT2D eigenvalue weighted by atomic mass is 9.84. The van der Waals surface area contributed by atoms with Crippen molar-refractivity contribution in [3.05, 3.63) is 29.3 Å². The van der Waals surface area contributed by atoms with Crippen LogP contribution < -0.4 is 4.18 Å². The van der Waals surface area contributed by atoms with Crippen molar-refractivity contribution in [2.45, 2.75) is 44.9 Å². The summed E-state index contributed by atoms with van der Waals surface area (Å²) in [7, 11) is -3.45. The van der Waals surface area contributed by atoms with Crippen LogP contribution in [-0.2, 0) is 10.1 Å². The fraction of sp³-hybridized carbons (Fsp3) is 0.571. The molecular formula is C14H20O3S. The van der Waals surface area contributed by atoms with E-state index in [2.05, 4.69) is 6.07 Å². The van der Waals surface area contributed by atoms with Crippen molar-refractivity contribution in [2.24, 2.45) is 0 Å². The summed E-state index contributed by atoms with van der Waals surface area (Å²) in [6.07, 6.45) is 7.32. The van der Waals surface area contributed by atoms with E-state index in [-0.39, 0.29) is 0 Å². The smallest absolute Gasteiger partial charge is 0.306 e. The Balaban J connectivity index is 2.25. The second-order valence-electron chi connectivity index (χ2n) is 5.15. The Morgan fingerprint density at radius 3 is 2.44 bits per heavy atom. The highest BCUT2D eigenvalue weighted by atomic mass is 32.2. The zero-order valence-corrected chi connectivity index (χ0v) is 11.8. The summed E-state index contributed by atoms with van der Waals surface area (Å²) in [6, 6.07) is 5.94. The maximum Gasteiger partial charge on any atom is 0.306 e. The number of rotatable bonds is 3. The van der Waals surface area contributed by atoms with Gasteiger partial charge < -0.3 is 4.18 Å². The minimum atomic E-state index is -3.45. The Labute approximate surface area is 109 Å². The molecule has 18 heavy (non-hydrogen) atoms.